The Bertz CT molecular complexity index is 982. The van der Waals surface area contributed by atoms with Crippen molar-refractivity contribution in [2.24, 2.45) is 0 Å². The second-order valence-electron chi connectivity index (χ2n) is 6.36. The third-order valence-electron chi connectivity index (χ3n) is 4.62. The van der Waals surface area contributed by atoms with Crippen LogP contribution in [-0.4, -0.2) is 41.4 Å². The van der Waals surface area contributed by atoms with Crippen LogP contribution in [0.2, 0.25) is 4.34 Å². The number of aromatic nitrogens is 1. The van der Waals surface area contributed by atoms with Crippen molar-refractivity contribution in [2.45, 2.75) is 12.5 Å². The molecule has 5 nitrogen and oxygen atoms in total. The summed E-state index contributed by atoms with van der Waals surface area (Å²) in [6, 6.07) is 10.9. The van der Waals surface area contributed by atoms with Gasteiger partial charge in [-0.15, -0.1) is 11.3 Å². The summed E-state index contributed by atoms with van der Waals surface area (Å²) in [6.45, 7) is 0.625. The third-order valence-corrected chi connectivity index (χ3v) is 6.40. The first-order chi connectivity index (χ1) is 13.1. The van der Waals surface area contributed by atoms with Gasteiger partial charge in [0.05, 0.1) is 4.34 Å². The number of thiophene rings is 1. The van der Waals surface area contributed by atoms with Crippen LogP contribution < -0.4 is 10.2 Å². The Balaban J connectivity index is 1.56. The average Bonchev–Trinajstić information content (AvgIpc) is 3.19. The standard InChI is InChI=1S/C19H18ClN3O2S2/c1-26-7-6-23-15-5-3-2-4-11(15)8-14(19(23)25)21-17(24)13-9-12-10-16(20)27-18(12)22-13/h2-5,9-10,14,22H,6-8H2,1H3,(H,21,24)/t14-/m1/s1. The maximum Gasteiger partial charge on any atom is 0.268 e. The molecule has 2 N–H and O–H groups in total. The van der Waals surface area contributed by atoms with Crippen molar-refractivity contribution in [1.29, 1.82) is 0 Å². The van der Waals surface area contributed by atoms with Crippen LogP contribution in [0.25, 0.3) is 10.2 Å². The molecule has 0 radical (unpaired) electrons. The molecule has 2 aromatic heterocycles. The van der Waals surface area contributed by atoms with Gasteiger partial charge in [-0.25, -0.2) is 0 Å². The zero-order chi connectivity index (χ0) is 19.0. The van der Waals surface area contributed by atoms with Crippen molar-refractivity contribution < 1.29 is 9.59 Å². The average molecular weight is 420 g/mol. The van der Waals surface area contributed by atoms with Gasteiger partial charge in [0.2, 0.25) is 5.91 Å². The summed E-state index contributed by atoms with van der Waals surface area (Å²) in [4.78, 5) is 31.4. The number of aromatic amines is 1. The lowest BCUT2D eigenvalue weighted by Gasteiger charge is -2.34. The number of hydrogen-bond donors (Lipinski definition) is 2. The number of para-hydroxylation sites is 1. The molecule has 1 atom stereocenters. The van der Waals surface area contributed by atoms with Crippen LogP contribution in [0.1, 0.15) is 16.1 Å². The van der Waals surface area contributed by atoms with E-state index in [2.05, 4.69) is 10.3 Å². The maximum atomic E-state index is 13.0. The number of rotatable bonds is 5. The number of benzene rings is 1. The molecule has 0 saturated heterocycles. The molecule has 3 heterocycles. The lowest BCUT2D eigenvalue weighted by molar-refractivity contribution is -0.120. The van der Waals surface area contributed by atoms with Crippen molar-refractivity contribution in [3.05, 3.63) is 52.0 Å². The normalized spacial score (nSPS) is 16.6. The second kappa shape index (κ2) is 7.58. The van der Waals surface area contributed by atoms with Crippen LogP contribution in [-0.2, 0) is 11.2 Å². The number of amides is 2. The van der Waals surface area contributed by atoms with E-state index >= 15 is 0 Å². The van der Waals surface area contributed by atoms with E-state index in [-0.39, 0.29) is 11.8 Å². The largest absolute Gasteiger partial charge is 0.342 e. The minimum atomic E-state index is -0.570. The van der Waals surface area contributed by atoms with Crippen LogP contribution in [0.4, 0.5) is 5.69 Å². The topological polar surface area (TPSA) is 65.2 Å². The van der Waals surface area contributed by atoms with Gasteiger partial charge in [0.25, 0.3) is 5.91 Å². The zero-order valence-electron chi connectivity index (χ0n) is 14.6. The van der Waals surface area contributed by atoms with Crippen molar-refractivity contribution in [3.8, 4) is 0 Å². The second-order valence-corrected chi connectivity index (χ2v) is 9.03. The summed E-state index contributed by atoms with van der Waals surface area (Å²) in [5.41, 5.74) is 2.45. The SMILES string of the molecule is CSCCN1C(=O)[C@H](NC(=O)c2cc3cc(Cl)sc3[nH]2)Cc2ccccc21. The number of hydrogen-bond acceptors (Lipinski definition) is 4. The van der Waals surface area contributed by atoms with Crippen molar-refractivity contribution in [3.63, 3.8) is 0 Å². The number of thioether (sulfide) groups is 1. The van der Waals surface area contributed by atoms with Crippen LogP contribution in [0.5, 0.6) is 0 Å². The van der Waals surface area contributed by atoms with Crippen LogP contribution >= 0.6 is 34.7 Å². The lowest BCUT2D eigenvalue weighted by Crippen LogP contribution is -2.53. The van der Waals surface area contributed by atoms with Crippen molar-refractivity contribution >= 4 is 62.4 Å². The Morgan fingerprint density at radius 1 is 1.41 bits per heavy atom. The van der Waals surface area contributed by atoms with E-state index in [0.717, 1.165) is 27.2 Å². The van der Waals surface area contributed by atoms with Crippen molar-refractivity contribution in [2.75, 3.05) is 23.5 Å². The Morgan fingerprint density at radius 3 is 3.00 bits per heavy atom. The monoisotopic (exact) mass is 419 g/mol. The first-order valence-electron chi connectivity index (χ1n) is 8.54. The molecular weight excluding hydrogens is 402 g/mol. The quantitative estimate of drug-likeness (QED) is 0.658. The summed E-state index contributed by atoms with van der Waals surface area (Å²) in [5, 5.41) is 3.80. The Kier molecular flexibility index (Phi) is 5.16. The molecule has 0 spiro atoms. The number of anilines is 1. The van der Waals surface area contributed by atoms with E-state index in [0.29, 0.717) is 23.0 Å². The molecular formula is C19H18ClN3O2S2. The Hall–Kier alpha value is -1.96. The van der Waals surface area contributed by atoms with Gasteiger partial charge < -0.3 is 15.2 Å². The third kappa shape index (κ3) is 3.59. The van der Waals surface area contributed by atoms with Gasteiger partial charge in [0.15, 0.2) is 0 Å². The number of nitrogens with zero attached hydrogens (tertiary/aromatic N) is 1. The molecule has 8 heteroatoms. The first-order valence-corrected chi connectivity index (χ1v) is 11.1. The summed E-state index contributed by atoms with van der Waals surface area (Å²) >= 11 is 9.06. The maximum absolute atomic E-state index is 13.0. The molecule has 0 unspecified atom stereocenters. The molecule has 1 aromatic carbocycles. The summed E-state index contributed by atoms with van der Waals surface area (Å²) in [5.74, 6) is 0.499. The highest BCUT2D eigenvalue weighted by molar-refractivity contribution is 7.98. The number of carbonyl (C=O) groups is 2. The minimum Gasteiger partial charge on any atom is -0.342 e. The van der Waals surface area contributed by atoms with E-state index in [1.54, 1.807) is 22.7 Å². The number of H-pyrrole nitrogens is 1. The van der Waals surface area contributed by atoms with Crippen LogP contribution in [0, 0.1) is 0 Å². The van der Waals surface area contributed by atoms with Gasteiger partial charge in [-0.1, -0.05) is 29.8 Å². The minimum absolute atomic E-state index is 0.0625. The molecule has 2 amide bonds. The number of nitrogens with one attached hydrogen (secondary N) is 2. The van der Waals surface area contributed by atoms with E-state index in [9.17, 15) is 9.59 Å². The molecule has 0 aliphatic carbocycles. The van der Waals surface area contributed by atoms with Gasteiger partial charge in [0.1, 0.15) is 16.6 Å². The van der Waals surface area contributed by atoms with Crippen LogP contribution in [0.3, 0.4) is 0 Å². The van der Waals surface area contributed by atoms with Gasteiger partial charge in [-0.3, -0.25) is 9.59 Å². The smallest absolute Gasteiger partial charge is 0.268 e. The lowest BCUT2D eigenvalue weighted by atomic mass is 9.97. The highest BCUT2D eigenvalue weighted by Crippen LogP contribution is 2.30. The van der Waals surface area contributed by atoms with E-state index in [1.807, 2.05) is 36.6 Å². The van der Waals surface area contributed by atoms with Crippen LogP contribution in [0.15, 0.2) is 36.4 Å². The Morgan fingerprint density at radius 2 is 2.22 bits per heavy atom. The summed E-state index contributed by atoms with van der Waals surface area (Å²) in [6.07, 6.45) is 2.51. The molecule has 3 aromatic rings. The Labute approximate surface area is 170 Å². The molecule has 4 rings (SSSR count). The molecule has 0 fully saturated rings. The summed E-state index contributed by atoms with van der Waals surface area (Å²) < 4.78 is 0.673. The number of halogens is 1. The molecule has 1 aliphatic heterocycles. The van der Waals surface area contributed by atoms with Crippen molar-refractivity contribution in [1.82, 2.24) is 10.3 Å². The fourth-order valence-corrected chi connectivity index (χ4v) is 4.83. The van der Waals surface area contributed by atoms with Gasteiger partial charge >= 0.3 is 0 Å². The number of carbonyl (C=O) groups excluding carboxylic acids is 2. The van der Waals surface area contributed by atoms with E-state index in [1.165, 1.54) is 11.3 Å². The number of fused-ring (bicyclic) bond motifs is 2. The molecule has 27 heavy (non-hydrogen) atoms. The summed E-state index contributed by atoms with van der Waals surface area (Å²) in [7, 11) is 0. The zero-order valence-corrected chi connectivity index (χ0v) is 17.0. The van der Waals surface area contributed by atoms with Gasteiger partial charge in [-0.2, -0.15) is 11.8 Å². The molecule has 0 bridgehead atoms. The van der Waals surface area contributed by atoms with Gasteiger partial charge in [-0.05, 0) is 30.0 Å². The highest BCUT2D eigenvalue weighted by Gasteiger charge is 2.33. The first kappa shape index (κ1) is 18.4. The molecule has 0 saturated carbocycles. The van der Waals surface area contributed by atoms with Gasteiger partial charge in [0, 0.05) is 29.8 Å². The molecule has 1 aliphatic rings. The predicted octanol–water partition coefficient (Wildman–Crippen LogP) is 3.93. The van der Waals surface area contributed by atoms with E-state index < -0.39 is 6.04 Å². The van der Waals surface area contributed by atoms with E-state index in [4.69, 9.17) is 11.6 Å². The fraction of sp³-hybridized carbons (Fsp3) is 0.263. The highest BCUT2D eigenvalue weighted by atomic mass is 35.5. The molecule has 140 valence electrons. The fourth-order valence-electron chi connectivity index (χ4n) is 3.34. The predicted molar refractivity (Wildman–Crippen MR) is 113 cm³/mol.